The van der Waals surface area contributed by atoms with E-state index in [4.69, 9.17) is 10.5 Å². The summed E-state index contributed by atoms with van der Waals surface area (Å²) in [5, 5.41) is 0. The Hall–Kier alpha value is -2.13. The van der Waals surface area contributed by atoms with E-state index in [1.165, 1.54) is 0 Å². The summed E-state index contributed by atoms with van der Waals surface area (Å²) in [6.07, 6.45) is 1.25. The monoisotopic (exact) mass is 325 g/mol. The van der Waals surface area contributed by atoms with Gasteiger partial charge in [-0.25, -0.2) is 0 Å². The van der Waals surface area contributed by atoms with E-state index in [1.54, 1.807) is 0 Å². The molecule has 0 aliphatic heterocycles. The van der Waals surface area contributed by atoms with E-state index >= 15 is 0 Å². The second kappa shape index (κ2) is 8.65. The van der Waals surface area contributed by atoms with Crippen molar-refractivity contribution in [1.82, 2.24) is 0 Å². The Morgan fingerprint density at radius 1 is 1.00 bits per heavy atom. The Morgan fingerprint density at radius 2 is 1.46 bits per heavy atom. The zero-order valence-corrected chi connectivity index (χ0v) is 14.6. The van der Waals surface area contributed by atoms with Gasteiger partial charge < -0.3 is 10.5 Å². The molecule has 0 radical (unpaired) electrons. The number of esters is 1. The van der Waals surface area contributed by atoms with Crippen LogP contribution in [0.1, 0.15) is 25.0 Å². The van der Waals surface area contributed by atoms with Crippen LogP contribution in [0.5, 0.6) is 0 Å². The molecule has 0 saturated heterocycles. The van der Waals surface area contributed by atoms with Crippen LogP contribution in [0.25, 0.3) is 0 Å². The highest BCUT2D eigenvalue weighted by Crippen LogP contribution is 2.37. The molecule has 0 bridgehead atoms. The van der Waals surface area contributed by atoms with Crippen LogP contribution in [0.2, 0.25) is 0 Å². The van der Waals surface area contributed by atoms with E-state index in [2.05, 4.69) is 24.3 Å². The van der Waals surface area contributed by atoms with Gasteiger partial charge in [0.1, 0.15) is 0 Å². The van der Waals surface area contributed by atoms with Crippen LogP contribution in [-0.2, 0) is 22.4 Å². The van der Waals surface area contributed by atoms with Crippen molar-refractivity contribution in [3.63, 3.8) is 0 Å². The van der Waals surface area contributed by atoms with Crippen LogP contribution in [-0.4, -0.2) is 19.1 Å². The lowest BCUT2D eigenvalue weighted by Crippen LogP contribution is -2.45. The fraction of sp³-hybridized carbons (Fsp3) is 0.381. The van der Waals surface area contributed by atoms with Gasteiger partial charge >= 0.3 is 5.97 Å². The number of carbonyl (C=O) groups is 1. The average Bonchev–Trinajstić information content (AvgIpc) is 2.62. The molecule has 0 amide bonds. The Kier molecular flexibility index (Phi) is 6.56. The summed E-state index contributed by atoms with van der Waals surface area (Å²) < 4.78 is 5.48. The minimum atomic E-state index is -0.659. The summed E-state index contributed by atoms with van der Waals surface area (Å²) in [6, 6.07) is 20.2. The largest absolute Gasteiger partial charge is 0.466 e. The number of ether oxygens (including phenoxy) is 1. The first-order chi connectivity index (χ1) is 11.6. The van der Waals surface area contributed by atoms with Crippen molar-refractivity contribution in [2.24, 2.45) is 17.1 Å². The quantitative estimate of drug-likeness (QED) is 0.754. The van der Waals surface area contributed by atoms with E-state index < -0.39 is 5.41 Å². The van der Waals surface area contributed by atoms with Crippen molar-refractivity contribution in [3.05, 3.63) is 71.8 Å². The van der Waals surface area contributed by atoms with Crippen molar-refractivity contribution >= 4 is 5.97 Å². The maximum atomic E-state index is 13.0. The van der Waals surface area contributed by atoms with Gasteiger partial charge in [0, 0.05) is 0 Å². The van der Waals surface area contributed by atoms with Gasteiger partial charge in [0.05, 0.1) is 12.0 Å². The molecule has 0 spiro atoms. The van der Waals surface area contributed by atoms with E-state index in [0.29, 0.717) is 26.0 Å². The summed E-state index contributed by atoms with van der Waals surface area (Å²) in [5.74, 6) is -0.146. The molecule has 1 unspecified atom stereocenters. The molecular formula is C21H27NO2. The lowest BCUT2D eigenvalue weighted by molar-refractivity contribution is -0.158. The van der Waals surface area contributed by atoms with Crippen LogP contribution in [0.15, 0.2) is 60.7 Å². The van der Waals surface area contributed by atoms with E-state index in [9.17, 15) is 4.79 Å². The Labute approximate surface area is 144 Å². The molecule has 3 nitrogen and oxygen atoms in total. The summed E-state index contributed by atoms with van der Waals surface area (Å²) >= 11 is 0. The first kappa shape index (κ1) is 18.2. The van der Waals surface area contributed by atoms with E-state index in [-0.39, 0.29) is 11.9 Å². The van der Waals surface area contributed by atoms with Gasteiger partial charge in [-0.05, 0) is 43.4 Å². The molecule has 24 heavy (non-hydrogen) atoms. The topological polar surface area (TPSA) is 52.3 Å². The van der Waals surface area contributed by atoms with Gasteiger partial charge in [0.25, 0.3) is 0 Å². The number of carbonyl (C=O) groups excluding carboxylic acids is 1. The Morgan fingerprint density at radius 3 is 1.83 bits per heavy atom. The minimum absolute atomic E-state index is 0.0111. The van der Waals surface area contributed by atoms with Gasteiger partial charge in [-0.2, -0.15) is 0 Å². The van der Waals surface area contributed by atoms with Crippen LogP contribution < -0.4 is 5.73 Å². The summed E-state index contributed by atoms with van der Waals surface area (Å²) in [7, 11) is 0. The molecule has 1 atom stereocenters. The van der Waals surface area contributed by atoms with Crippen molar-refractivity contribution in [2.45, 2.75) is 26.7 Å². The average molecular weight is 325 g/mol. The molecule has 2 aromatic carbocycles. The first-order valence-electron chi connectivity index (χ1n) is 8.57. The molecule has 3 heteroatoms. The van der Waals surface area contributed by atoms with Crippen LogP contribution in [0.3, 0.4) is 0 Å². The number of hydrogen-bond donors (Lipinski definition) is 1. The molecule has 2 N–H and O–H groups in total. The summed E-state index contributed by atoms with van der Waals surface area (Å²) in [4.78, 5) is 13.0. The maximum absolute atomic E-state index is 13.0. The molecule has 0 saturated carbocycles. The molecule has 0 heterocycles. The third kappa shape index (κ3) is 4.24. The number of benzene rings is 2. The zero-order valence-electron chi connectivity index (χ0n) is 14.6. The SMILES string of the molecule is CCOC(=O)C(Cc1ccccc1)(Cc1ccccc1)C(C)CN. The molecule has 2 aromatic rings. The smallest absolute Gasteiger partial charge is 0.313 e. The molecule has 0 aliphatic rings. The second-order valence-corrected chi connectivity index (χ2v) is 6.34. The molecule has 128 valence electrons. The predicted octanol–water partition coefficient (Wildman–Crippen LogP) is 3.62. The standard InChI is InChI=1S/C21H27NO2/c1-3-24-20(23)21(17(2)16-22,14-18-10-6-4-7-11-18)15-19-12-8-5-9-13-19/h4-13,17H,3,14-16,22H2,1-2H3. The van der Waals surface area contributed by atoms with Crippen LogP contribution in [0, 0.1) is 11.3 Å². The summed E-state index contributed by atoms with van der Waals surface area (Å²) in [6.45, 7) is 4.71. The van der Waals surface area contributed by atoms with Gasteiger partial charge in [-0.1, -0.05) is 67.6 Å². The normalized spacial score (nSPS) is 12.6. The van der Waals surface area contributed by atoms with Crippen molar-refractivity contribution < 1.29 is 9.53 Å². The third-order valence-corrected chi connectivity index (χ3v) is 4.70. The van der Waals surface area contributed by atoms with Crippen molar-refractivity contribution in [2.75, 3.05) is 13.2 Å². The Balaban J connectivity index is 2.44. The predicted molar refractivity (Wildman–Crippen MR) is 97.6 cm³/mol. The highest BCUT2D eigenvalue weighted by atomic mass is 16.5. The first-order valence-corrected chi connectivity index (χ1v) is 8.57. The van der Waals surface area contributed by atoms with E-state index in [1.807, 2.05) is 50.2 Å². The van der Waals surface area contributed by atoms with Crippen LogP contribution in [0.4, 0.5) is 0 Å². The lowest BCUT2D eigenvalue weighted by atomic mass is 9.68. The number of nitrogens with two attached hydrogens (primary N) is 1. The summed E-state index contributed by atoms with van der Waals surface area (Å²) in [5.41, 5.74) is 7.59. The highest BCUT2D eigenvalue weighted by Gasteiger charge is 2.44. The van der Waals surface area contributed by atoms with Crippen molar-refractivity contribution in [3.8, 4) is 0 Å². The lowest BCUT2D eigenvalue weighted by Gasteiger charge is -2.37. The van der Waals surface area contributed by atoms with E-state index in [0.717, 1.165) is 11.1 Å². The highest BCUT2D eigenvalue weighted by molar-refractivity contribution is 5.78. The van der Waals surface area contributed by atoms with Crippen molar-refractivity contribution in [1.29, 1.82) is 0 Å². The van der Waals surface area contributed by atoms with Crippen LogP contribution >= 0.6 is 0 Å². The second-order valence-electron chi connectivity index (χ2n) is 6.34. The van der Waals surface area contributed by atoms with Gasteiger partial charge in [-0.15, -0.1) is 0 Å². The fourth-order valence-electron chi connectivity index (χ4n) is 3.18. The molecular weight excluding hydrogens is 298 g/mol. The minimum Gasteiger partial charge on any atom is -0.466 e. The Bertz CT molecular complexity index is 583. The molecule has 2 rings (SSSR count). The molecule has 0 fully saturated rings. The molecule has 0 aromatic heterocycles. The van der Waals surface area contributed by atoms with Gasteiger partial charge in [-0.3, -0.25) is 4.79 Å². The zero-order chi connectivity index (χ0) is 17.4. The van der Waals surface area contributed by atoms with Gasteiger partial charge in [0.2, 0.25) is 0 Å². The molecule has 0 aliphatic carbocycles. The maximum Gasteiger partial charge on any atom is 0.313 e. The van der Waals surface area contributed by atoms with Gasteiger partial charge in [0.15, 0.2) is 0 Å². The fourth-order valence-corrected chi connectivity index (χ4v) is 3.18. The third-order valence-electron chi connectivity index (χ3n) is 4.70. The number of hydrogen-bond acceptors (Lipinski definition) is 3. The number of rotatable bonds is 8.